The van der Waals surface area contributed by atoms with Crippen LogP contribution in [0.25, 0.3) is 32.2 Å². The predicted octanol–water partition coefficient (Wildman–Crippen LogP) is 10.8. The summed E-state index contributed by atoms with van der Waals surface area (Å²) in [5.41, 5.74) is 8.43. The number of imide groups is 1. The van der Waals surface area contributed by atoms with Crippen LogP contribution >= 0.6 is 11.3 Å². The molecular formula is C61H69N9O6S. The van der Waals surface area contributed by atoms with Crippen LogP contribution in [0.3, 0.4) is 0 Å². The summed E-state index contributed by atoms with van der Waals surface area (Å²) in [6, 6.07) is 30.3. The molecule has 6 heterocycles. The first kappa shape index (κ1) is 51.9. The smallest absolute Gasteiger partial charge is 0.358 e. The topological polar surface area (TPSA) is 164 Å². The zero-order chi connectivity index (χ0) is 53.5. The summed E-state index contributed by atoms with van der Waals surface area (Å²) in [4.78, 5) is 69.6. The summed E-state index contributed by atoms with van der Waals surface area (Å²) in [5, 5.41) is 11.9. The molecule has 4 aromatic carbocycles. The first-order valence-electron chi connectivity index (χ1n) is 27.5. The molecule has 3 aromatic heterocycles. The van der Waals surface area contributed by atoms with E-state index in [1.54, 1.807) is 0 Å². The van der Waals surface area contributed by atoms with Crippen molar-refractivity contribution in [3.8, 4) is 16.9 Å². The number of benzene rings is 4. The molecule has 0 radical (unpaired) electrons. The number of esters is 1. The number of aromatic nitrogens is 4. The fraction of sp³-hybridized carbons (Fsp3) is 0.426. The van der Waals surface area contributed by atoms with Crippen molar-refractivity contribution in [3.63, 3.8) is 0 Å². The highest BCUT2D eigenvalue weighted by Gasteiger charge is 2.34. The molecule has 3 fully saturated rings. The number of hydrogen-bond donors (Lipinski definition) is 2. The van der Waals surface area contributed by atoms with Gasteiger partial charge < -0.3 is 19.3 Å². The van der Waals surface area contributed by atoms with E-state index >= 15 is 0 Å². The van der Waals surface area contributed by atoms with Crippen molar-refractivity contribution in [2.45, 2.75) is 123 Å². The van der Waals surface area contributed by atoms with E-state index in [1.807, 2.05) is 99.2 Å². The molecule has 4 aliphatic rings. The van der Waals surface area contributed by atoms with Gasteiger partial charge in [-0.25, -0.2) is 14.8 Å². The molecule has 0 bridgehead atoms. The van der Waals surface area contributed by atoms with Gasteiger partial charge in [0.05, 0.1) is 39.1 Å². The molecular weight excluding hydrogens is 987 g/mol. The molecule has 2 atom stereocenters. The number of fused-ring (bicyclic) bond motifs is 3. The standard InChI is InChI=1S/C61H69N9O6S/c1-37-35-68(33-34-70(37)49-19-10-17-45-54(66-67(6)56(45)49)46-27-29-53(71)64-58(46)73)31-12-13-39-22-24-41(25-23-39)75-50-20-11-15-42(38(50)2)43-26-28-52(63-55(43)59(74)76-61(3,4)5)69-32-30-40-14-9-16-44(47(40)36-69)57(72)65-60-62-48-18-7-8-21-51(48)77-60/h7-11,14-21,26,28,37,39,41,46H,12-13,22-25,27,29-36H2,1-6H3,(H,62,65,72)(H,64,71,73)/t37-,39?,41?,46?/m0/s1. The first-order valence-corrected chi connectivity index (χ1v) is 28.3. The maximum atomic E-state index is 14.2. The van der Waals surface area contributed by atoms with Crippen LogP contribution < -0.4 is 25.2 Å². The lowest BCUT2D eigenvalue weighted by atomic mass is 9.84. The number of nitrogens with zero attached hydrogens (tertiary/aromatic N) is 7. The van der Waals surface area contributed by atoms with Crippen LogP contribution in [-0.4, -0.2) is 98.8 Å². The predicted molar refractivity (Wildman–Crippen MR) is 303 cm³/mol. The summed E-state index contributed by atoms with van der Waals surface area (Å²) in [5.74, 6) is 0.525. The van der Waals surface area contributed by atoms with E-state index in [-0.39, 0.29) is 29.5 Å². The number of anilines is 3. The Hall–Kier alpha value is -7.17. The number of rotatable bonds is 13. The normalized spacial score (nSPS) is 20.3. The molecule has 1 aliphatic carbocycles. The van der Waals surface area contributed by atoms with Crippen molar-refractivity contribution in [2.24, 2.45) is 13.0 Å². The largest absolute Gasteiger partial charge is 0.490 e. The fourth-order valence-electron chi connectivity index (χ4n) is 12.1. The van der Waals surface area contributed by atoms with E-state index in [1.165, 1.54) is 24.2 Å². The van der Waals surface area contributed by atoms with Crippen molar-refractivity contribution < 1.29 is 28.7 Å². The number of piperazine rings is 1. The third-order valence-corrected chi connectivity index (χ3v) is 17.0. The number of hydrogen-bond acceptors (Lipinski definition) is 13. The lowest BCUT2D eigenvalue weighted by Crippen LogP contribution is -2.52. The quantitative estimate of drug-likeness (QED) is 0.0831. The number of aryl methyl sites for hydroxylation is 1. The molecule has 16 heteroatoms. The van der Waals surface area contributed by atoms with Gasteiger partial charge in [0.25, 0.3) is 5.91 Å². The Morgan fingerprint density at radius 3 is 2.45 bits per heavy atom. The lowest BCUT2D eigenvalue weighted by molar-refractivity contribution is -0.134. The Kier molecular flexibility index (Phi) is 14.6. The Bertz CT molecular complexity index is 3360. The van der Waals surface area contributed by atoms with E-state index in [0.717, 1.165) is 112 Å². The van der Waals surface area contributed by atoms with Gasteiger partial charge in [0.2, 0.25) is 11.8 Å². The highest BCUT2D eigenvalue weighted by molar-refractivity contribution is 7.22. The molecule has 7 aromatic rings. The molecule has 1 unspecified atom stereocenters. The average molecular weight is 1060 g/mol. The van der Waals surface area contributed by atoms with E-state index < -0.39 is 17.5 Å². The molecule has 400 valence electrons. The Labute approximate surface area is 454 Å². The van der Waals surface area contributed by atoms with Crippen LogP contribution in [0, 0.1) is 12.8 Å². The number of nitrogens with one attached hydrogen (secondary N) is 2. The van der Waals surface area contributed by atoms with Crippen molar-refractivity contribution in [1.29, 1.82) is 0 Å². The lowest BCUT2D eigenvalue weighted by Gasteiger charge is -2.41. The number of para-hydroxylation sites is 2. The maximum Gasteiger partial charge on any atom is 0.358 e. The van der Waals surface area contributed by atoms with Gasteiger partial charge in [0, 0.05) is 68.7 Å². The van der Waals surface area contributed by atoms with Gasteiger partial charge in [-0.1, -0.05) is 59.9 Å². The minimum atomic E-state index is -0.735. The number of piperidine rings is 1. The van der Waals surface area contributed by atoms with E-state index in [0.29, 0.717) is 66.4 Å². The number of pyridine rings is 1. The zero-order valence-electron chi connectivity index (χ0n) is 45.1. The van der Waals surface area contributed by atoms with Crippen molar-refractivity contribution in [3.05, 3.63) is 125 Å². The van der Waals surface area contributed by atoms with Crippen LogP contribution in [0.4, 0.5) is 16.6 Å². The summed E-state index contributed by atoms with van der Waals surface area (Å²) in [6.45, 7) is 15.0. The van der Waals surface area contributed by atoms with Crippen LogP contribution in [0.1, 0.15) is 128 Å². The Balaban J connectivity index is 0.705. The zero-order valence-corrected chi connectivity index (χ0v) is 45.9. The van der Waals surface area contributed by atoms with Crippen molar-refractivity contribution >= 4 is 72.8 Å². The number of ether oxygens (including phenoxy) is 2. The highest BCUT2D eigenvalue weighted by Crippen LogP contribution is 2.39. The van der Waals surface area contributed by atoms with Gasteiger partial charge in [0.15, 0.2) is 10.8 Å². The molecule has 3 aliphatic heterocycles. The second-order valence-electron chi connectivity index (χ2n) is 22.5. The monoisotopic (exact) mass is 1060 g/mol. The SMILES string of the molecule is Cc1c(OC2CCC(CCCN3CCN(c4cccc5c(C6CCC(=O)NC6=O)nn(C)c45)[C@@H](C)C3)CC2)cccc1-c1ccc(N2CCc3cccc(C(=O)Nc4nc5ccccc5s4)c3C2)nc1C(=O)OC(C)(C)C. The second-order valence-corrected chi connectivity index (χ2v) is 23.5. The molecule has 2 N–H and O–H groups in total. The molecule has 77 heavy (non-hydrogen) atoms. The van der Waals surface area contributed by atoms with Gasteiger partial charge in [0.1, 0.15) is 17.2 Å². The van der Waals surface area contributed by atoms with E-state index in [9.17, 15) is 19.2 Å². The van der Waals surface area contributed by atoms with Gasteiger partial charge in [-0.2, -0.15) is 5.10 Å². The molecule has 1 saturated carbocycles. The Morgan fingerprint density at radius 1 is 0.857 bits per heavy atom. The molecule has 3 amide bonds. The number of thiazole rings is 1. The summed E-state index contributed by atoms with van der Waals surface area (Å²) in [6.07, 6.45) is 8.26. The van der Waals surface area contributed by atoms with E-state index in [4.69, 9.17) is 19.6 Å². The fourth-order valence-corrected chi connectivity index (χ4v) is 13.0. The Morgan fingerprint density at radius 2 is 1.66 bits per heavy atom. The molecule has 2 saturated heterocycles. The van der Waals surface area contributed by atoms with Crippen LogP contribution in [-0.2, 0) is 34.3 Å². The number of amides is 3. The molecule has 15 nitrogen and oxygen atoms in total. The number of carbonyl (C=O) groups is 4. The number of carbonyl (C=O) groups excluding carboxylic acids is 4. The summed E-state index contributed by atoms with van der Waals surface area (Å²) >= 11 is 1.45. The average Bonchev–Trinajstić information content (AvgIpc) is 4.05. The van der Waals surface area contributed by atoms with Crippen LogP contribution in [0.15, 0.2) is 91.0 Å². The minimum Gasteiger partial charge on any atom is -0.490 e. The first-order chi connectivity index (χ1) is 37.1. The highest BCUT2D eigenvalue weighted by atomic mass is 32.1. The third kappa shape index (κ3) is 11.0. The minimum absolute atomic E-state index is 0.110. The molecule has 0 spiro atoms. The van der Waals surface area contributed by atoms with Gasteiger partial charge in [-0.3, -0.25) is 34.6 Å². The summed E-state index contributed by atoms with van der Waals surface area (Å²) in [7, 11) is 1.95. The molecule has 11 rings (SSSR count). The van der Waals surface area contributed by atoms with Gasteiger partial charge >= 0.3 is 5.97 Å². The third-order valence-electron chi connectivity index (χ3n) is 16.0. The van der Waals surface area contributed by atoms with Gasteiger partial charge in [-0.15, -0.1) is 0 Å². The van der Waals surface area contributed by atoms with Crippen molar-refractivity contribution in [1.82, 2.24) is 30.0 Å². The van der Waals surface area contributed by atoms with Crippen molar-refractivity contribution in [2.75, 3.05) is 47.8 Å². The van der Waals surface area contributed by atoms with E-state index in [2.05, 4.69) is 68.4 Å². The maximum absolute atomic E-state index is 14.2. The second kappa shape index (κ2) is 21.7. The van der Waals surface area contributed by atoms with Crippen LogP contribution in [0.2, 0.25) is 0 Å². The van der Waals surface area contributed by atoms with Gasteiger partial charge in [-0.05, 0) is 163 Å². The van der Waals surface area contributed by atoms with Crippen LogP contribution in [0.5, 0.6) is 5.75 Å². The summed E-state index contributed by atoms with van der Waals surface area (Å²) < 4.78 is 15.7.